The van der Waals surface area contributed by atoms with Gasteiger partial charge in [0.2, 0.25) is 0 Å². The van der Waals surface area contributed by atoms with Crippen LogP contribution in [-0.4, -0.2) is 26.9 Å². The van der Waals surface area contributed by atoms with Gasteiger partial charge in [0.15, 0.2) is 0 Å². The lowest BCUT2D eigenvalue weighted by atomic mass is 9.91. The quantitative estimate of drug-likeness (QED) is 0.860. The summed E-state index contributed by atoms with van der Waals surface area (Å²) in [6.45, 7) is 6.07. The molecule has 1 heterocycles. The third kappa shape index (κ3) is 2.60. The SMILES string of the molecule is CC(C)(C)c1nnsc1C(=O)NC1(CCl)CC1. The highest BCUT2D eigenvalue weighted by atomic mass is 35.5. The van der Waals surface area contributed by atoms with E-state index in [9.17, 15) is 4.79 Å². The monoisotopic (exact) mass is 273 g/mol. The maximum Gasteiger partial charge on any atom is 0.265 e. The van der Waals surface area contributed by atoms with Crippen molar-refractivity contribution in [3.05, 3.63) is 10.6 Å². The molecule has 0 unspecified atom stereocenters. The molecule has 0 aliphatic heterocycles. The average Bonchev–Trinajstić information content (AvgIpc) is 2.81. The molecular formula is C11H16ClN3OS. The first-order valence-corrected chi connectivity index (χ1v) is 6.90. The Morgan fingerprint density at radius 2 is 2.18 bits per heavy atom. The van der Waals surface area contributed by atoms with E-state index in [2.05, 4.69) is 14.9 Å². The number of nitrogens with one attached hydrogen (secondary N) is 1. The van der Waals surface area contributed by atoms with E-state index in [0.29, 0.717) is 10.8 Å². The van der Waals surface area contributed by atoms with Crippen LogP contribution in [0.2, 0.25) is 0 Å². The van der Waals surface area contributed by atoms with Crippen molar-refractivity contribution >= 4 is 29.0 Å². The van der Waals surface area contributed by atoms with Gasteiger partial charge in [-0.3, -0.25) is 4.79 Å². The molecule has 1 N–H and O–H groups in total. The van der Waals surface area contributed by atoms with Gasteiger partial charge in [-0.2, -0.15) is 0 Å². The van der Waals surface area contributed by atoms with Crippen molar-refractivity contribution in [3.8, 4) is 0 Å². The molecule has 6 heteroatoms. The van der Waals surface area contributed by atoms with Gasteiger partial charge in [-0.05, 0) is 24.4 Å². The Kier molecular flexibility index (Phi) is 3.16. The predicted octanol–water partition coefficient (Wildman–Crippen LogP) is 2.34. The Morgan fingerprint density at radius 3 is 2.65 bits per heavy atom. The first-order chi connectivity index (χ1) is 7.88. The first-order valence-electron chi connectivity index (χ1n) is 5.59. The second-order valence-corrected chi connectivity index (χ2v) is 6.59. The summed E-state index contributed by atoms with van der Waals surface area (Å²) in [6, 6.07) is 0. The van der Waals surface area contributed by atoms with Crippen LogP contribution in [0.3, 0.4) is 0 Å². The van der Waals surface area contributed by atoms with Crippen molar-refractivity contribution in [3.63, 3.8) is 0 Å². The minimum Gasteiger partial charge on any atom is -0.345 e. The van der Waals surface area contributed by atoms with Crippen LogP contribution in [0.4, 0.5) is 0 Å². The Labute approximate surface area is 110 Å². The molecule has 0 bridgehead atoms. The van der Waals surface area contributed by atoms with Gasteiger partial charge >= 0.3 is 0 Å². The highest BCUT2D eigenvalue weighted by Gasteiger charge is 2.44. The molecular weight excluding hydrogens is 258 g/mol. The van der Waals surface area contributed by atoms with E-state index >= 15 is 0 Å². The fraction of sp³-hybridized carbons (Fsp3) is 0.727. The van der Waals surface area contributed by atoms with Crippen LogP contribution in [-0.2, 0) is 5.41 Å². The van der Waals surface area contributed by atoms with Crippen LogP contribution >= 0.6 is 23.1 Å². The van der Waals surface area contributed by atoms with Crippen LogP contribution in [0.1, 0.15) is 49.0 Å². The molecule has 1 aliphatic carbocycles. The molecule has 0 radical (unpaired) electrons. The van der Waals surface area contributed by atoms with Gasteiger partial charge in [0.1, 0.15) is 4.88 Å². The number of aromatic nitrogens is 2. The van der Waals surface area contributed by atoms with E-state index in [1.807, 2.05) is 20.8 Å². The summed E-state index contributed by atoms with van der Waals surface area (Å²) in [6.07, 6.45) is 1.92. The van der Waals surface area contributed by atoms with Crippen molar-refractivity contribution in [2.45, 2.75) is 44.6 Å². The molecule has 1 saturated carbocycles. The van der Waals surface area contributed by atoms with E-state index in [4.69, 9.17) is 11.6 Å². The van der Waals surface area contributed by atoms with E-state index in [1.54, 1.807) is 0 Å². The molecule has 1 aromatic rings. The Hall–Kier alpha value is -0.680. The van der Waals surface area contributed by atoms with Crippen LogP contribution in [0.15, 0.2) is 0 Å². The average molecular weight is 274 g/mol. The number of halogens is 1. The summed E-state index contributed by atoms with van der Waals surface area (Å²) in [5.74, 6) is 0.374. The molecule has 2 rings (SSSR count). The van der Waals surface area contributed by atoms with Crippen molar-refractivity contribution < 1.29 is 4.79 Å². The molecule has 0 atom stereocenters. The standard InChI is InChI=1S/C11H16ClN3OS/c1-10(2,3)8-7(17-15-14-8)9(16)13-11(6-12)4-5-11/h4-6H2,1-3H3,(H,13,16). The molecule has 1 aliphatic rings. The Bertz CT molecular complexity index is 434. The van der Waals surface area contributed by atoms with E-state index < -0.39 is 0 Å². The highest BCUT2D eigenvalue weighted by molar-refractivity contribution is 7.08. The molecule has 0 saturated heterocycles. The zero-order valence-electron chi connectivity index (χ0n) is 10.2. The highest BCUT2D eigenvalue weighted by Crippen LogP contribution is 2.37. The van der Waals surface area contributed by atoms with Gasteiger partial charge in [-0.1, -0.05) is 25.3 Å². The summed E-state index contributed by atoms with van der Waals surface area (Å²) < 4.78 is 3.88. The van der Waals surface area contributed by atoms with Gasteiger partial charge < -0.3 is 5.32 Å². The third-order valence-electron chi connectivity index (χ3n) is 2.89. The lowest BCUT2D eigenvalue weighted by Crippen LogP contribution is -2.38. The first kappa shape index (κ1) is 12.8. The normalized spacial score (nSPS) is 17.9. The Balaban J connectivity index is 2.18. The number of hydrogen-bond donors (Lipinski definition) is 1. The van der Waals surface area contributed by atoms with E-state index in [1.165, 1.54) is 0 Å². The molecule has 1 fully saturated rings. The summed E-state index contributed by atoms with van der Waals surface area (Å²) in [4.78, 5) is 12.8. The number of carbonyl (C=O) groups is 1. The molecule has 94 valence electrons. The van der Waals surface area contributed by atoms with E-state index in [0.717, 1.165) is 30.1 Å². The molecule has 1 aromatic heterocycles. The van der Waals surface area contributed by atoms with Crippen molar-refractivity contribution in [1.29, 1.82) is 0 Å². The number of alkyl halides is 1. The molecule has 4 nitrogen and oxygen atoms in total. The van der Waals surface area contributed by atoms with Crippen LogP contribution in [0.25, 0.3) is 0 Å². The zero-order valence-corrected chi connectivity index (χ0v) is 11.8. The van der Waals surface area contributed by atoms with Gasteiger partial charge in [-0.15, -0.1) is 16.7 Å². The van der Waals surface area contributed by atoms with Crippen LogP contribution in [0.5, 0.6) is 0 Å². The van der Waals surface area contributed by atoms with Crippen molar-refractivity contribution in [2.24, 2.45) is 0 Å². The van der Waals surface area contributed by atoms with Crippen LogP contribution < -0.4 is 5.32 Å². The van der Waals surface area contributed by atoms with E-state index in [-0.39, 0.29) is 16.9 Å². The largest absolute Gasteiger partial charge is 0.345 e. The number of nitrogens with zero attached hydrogens (tertiary/aromatic N) is 2. The van der Waals surface area contributed by atoms with Gasteiger partial charge in [0.05, 0.1) is 11.2 Å². The minimum atomic E-state index is -0.183. The maximum absolute atomic E-state index is 12.1. The fourth-order valence-electron chi connectivity index (χ4n) is 1.57. The zero-order chi connectivity index (χ0) is 12.7. The topological polar surface area (TPSA) is 54.9 Å². The second kappa shape index (κ2) is 4.21. The number of rotatable bonds is 3. The molecule has 0 spiro atoms. The van der Waals surface area contributed by atoms with Crippen LogP contribution in [0, 0.1) is 0 Å². The molecule has 1 amide bonds. The fourth-order valence-corrected chi connectivity index (χ4v) is 2.68. The summed E-state index contributed by atoms with van der Waals surface area (Å²) in [5.41, 5.74) is 0.403. The number of amides is 1. The second-order valence-electron chi connectivity index (χ2n) is 5.57. The number of hydrogen-bond acceptors (Lipinski definition) is 4. The van der Waals surface area contributed by atoms with Crippen molar-refractivity contribution in [1.82, 2.24) is 14.9 Å². The van der Waals surface area contributed by atoms with Crippen molar-refractivity contribution in [2.75, 3.05) is 5.88 Å². The van der Waals surface area contributed by atoms with Gasteiger partial charge in [0.25, 0.3) is 5.91 Å². The third-order valence-corrected chi connectivity index (χ3v) is 4.13. The summed E-state index contributed by atoms with van der Waals surface area (Å²) in [5, 5.41) is 7.05. The van der Waals surface area contributed by atoms with Gasteiger partial charge in [-0.25, -0.2) is 0 Å². The maximum atomic E-state index is 12.1. The number of carbonyl (C=O) groups excluding carboxylic acids is 1. The summed E-state index contributed by atoms with van der Waals surface area (Å²) in [7, 11) is 0. The molecule has 0 aromatic carbocycles. The minimum absolute atomic E-state index is 0.0944. The summed E-state index contributed by atoms with van der Waals surface area (Å²) >= 11 is 7.00. The lowest BCUT2D eigenvalue weighted by Gasteiger charge is -2.18. The Morgan fingerprint density at radius 1 is 1.53 bits per heavy atom. The lowest BCUT2D eigenvalue weighted by molar-refractivity contribution is 0.0937. The predicted molar refractivity (Wildman–Crippen MR) is 68.8 cm³/mol. The molecule has 17 heavy (non-hydrogen) atoms. The van der Waals surface area contributed by atoms with Gasteiger partial charge in [0, 0.05) is 11.3 Å². The smallest absolute Gasteiger partial charge is 0.265 e.